The second-order valence-corrected chi connectivity index (χ2v) is 4.82. The molecule has 0 spiro atoms. The van der Waals surface area contributed by atoms with Crippen LogP contribution in [0.4, 0.5) is 10.3 Å². The van der Waals surface area contributed by atoms with Crippen molar-refractivity contribution in [1.82, 2.24) is 19.7 Å². The Balaban J connectivity index is 2.16. The zero-order valence-electron chi connectivity index (χ0n) is 8.97. The lowest BCUT2D eigenvalue weighted by Gasteiger charge is -2.03. The number of hydrogen-bond acceptors (Lipinski definition) is 5. The highest BCUT2D eigenvalue weighted by Gasteiger charge is 2.13. The van der Waals surface area contributed by atoms with Gasteiger partial charge in [0.25, 0.3) is 0 Å². The van der Waals surface area contributed by atoms with E-state index in [1.54, 1.807) is 10.6 Å². The Morgan fingerprint density at radius 3 is 3.00 bits per heavy atom. The fourth-order valence-electron chi connectivity index (χ4n) is 1.71. The molecule has 8 heteroatoms. The van der Waals surface area contributed by atoms with Gasteiger partial charge in [-0.1, -0.05) is 5.16 Å². The number of imidazole rings is 1. The predicted octanol–water partition coefficient (Wildman–Crippen LogP) is 1.79. The maximum atomic E-state index is 13.6. The quantitative estimate of drug-likeness (QED) is 0.706. The van der Waals surface area contributed by atoms with Crippen LogP contribution in [-0.2, 0) is 6.54 Å². The summed E-state index contributed by atoms with van der Waals surface area (Å²) in [5, 5.41) is 3.69. The number of rotatable bonds is 2. The molecule has 0 saturated heterocycles. The maximum Gasteiger partial charge on any atom is 0.213 e. The Labute approximate surface area is 114 Å². The zero-order valence-corrected chi connectivity index (χ0v) is 11.1. The lowest BCUT2D eigenvalue weighted by molar-refractivity contribution is 0.408. The molecule has 18 heavy (non-hydrogen) atoms. The van der Waals surface area contributed by atoms with E-state index in [0.29, 0.717) is 27.0 Å². The van der Waals surface area contributed by atoms with Crippen LogP contribution in [0.5, 0.6) is 0 Å². The normalized spacial score (nSPS) is 11.2. The van der Waals surface area contributed by atoms with Gasteiger partial charge in [-0.2, -0.15) is 4.98 Å². The van der Waals surface area contributed by atoms with Gasteiger partial charge in [-0.25, -0.2) is 9.37 Å². The van der Waals surface area contributed by atoms with E-state index in [1.807, 2.05) is 22.6 Å². The fraction of sp³-hybridized carbons (Fsp3) is 0.100. The molecule has 1 aromatic carbocycles. The number of fused-ring (bicyclic) bond motifs is 1. The highest BCUT2D eigenvalue weighted by atomic mass is 127. The first-order chi connectivity index (χ1) is 8.65. The minimum Gasteiger partial charge on any atom is -0.369 e. The third-order valence-corrected chi connectivity index (χ3v) is 3.35. The second-order valence-electron chi connectivity index (χ2n) is 3.66. The van der Waals surface area contributed by atoms with E-state index >= 15 is 0 Å². The largest absolute Gasteiger partial charge is 0.369 e. The van der Waals surface area contributed by atoms with E-state index in [-0.39, 0.29) is 11.8 Å². The second kappa shape index (κ2) is 4.19. The third-order valence-electron chi connectivity index (χ3n) is 2.53. The first-order valence-corrected chi connectivity index (χ1v) is 6.09. The average molecular weight is 359 g/mol. The molecular formula is C10H7FIN5O. The third kappa shape index (κ3) is 1.82. The van der Waals surface area contributed by atoms with Crippen molar-refractivity contribution in [2.24, 2.45) is 0 Å². The highest BCUT2D eigenvalue weighted by molar-refractivity contribution is 14.1. The van der Waals surface area contributed by atoms with Crippen LogP contribution in [0, 0.1) is 9.39 Å². The van der Waals surface area contributed by atoms with Gasteiger partial charge < -0.3 is 14.8 Å². The molecule has 0 fully saturated rings. The van der Waals surface area contributed by atoms with Crippen molar-refractivity contribution in [1.29, 1.82) is 0 Å². The molecule has 6 nitrogen and oxygen atoms in total. The van der Waals surface area contributed by atoms with Crippen molar-refractivity contribution in [3.8, 4) is 0 Å². The Morgan fingerprint density at radius 2 is 2.28 bits per heavy atom. The molecule has 0 aliphatic heterocycles. The van der Waals surface area contributed by atoms with Gasteiger partial charge in [-0.05, 0) is 28.7 Å². The molecule has 2 N–H and O–H groups in total. The topological polar surface area (TPSA) is 82.8 Å². The van der Waals surface area contributed by atoms with E-state index in [4.69, 9.17) is 5.73 Å². The molecule has 92 valence electrons. The number of hydrogen-bond donors (Lipinski definition) is 1. The van der Waals surface area contributed by atoms with Gasteiger partial charge in [-0.3, -0.25) is 0 Å². The van der Waals surface area contributed by atoms with Gasteiger partial charge in [0.05, 0.1) is 21.1 Å². The molecule has 0 atom stereocenters. The number of nitrogens with zero attached hydrogens (tertiary/aromatic N) is 4. The van der Waals surface area contributed by atoms with Crippen molar-refractivity contribution in [3.63, 3.8) is 0 Å². The Morgan fingerprint density at radius 1 is 1.44 bits per heavy atom. The number of nitrogen functional groups attached to an aromatic ring is 1. The van der Waals surface area contributed by atoms with Crippen molar-refractivity contribution >= 4 is 39.6 Å². The molecule has 0 aliphatic rings. The molecular weight excluding hydrogens is 352 g/mol. The minimum atomic E-state index is -0.308. The summed E-state index contributed by atoms with van der Waals surface area (Å²) in [4.78, 5) is 8.08. The van der Waals surface area contributed by atoms with Gasteiger partial charge in [0.2, 0.25) is 12.3 Å². The maximum absolute atomic E-state index is 13.6. The molecule has 0 amide bonds. The van der Waals surface area contributed by atoms with E-state index in [2.05, 4.69) is 19.6 Å². The lowest BCUT2D eigenvalue weighted by atomic mass is 10.3. The van der Waals surface area contributed by atoms with Gasteiger partial charge in [0, 0.05) is 6.07 Å². The summed E-state index contributed by atoms with van der Waals surface area (Å²) in [6.45, 7) is 0.291. The van der Waals surface area contributed by atoms with Crippen LogP contribution in [0.2, 0.25) is 0 Å². The first-order valence-electron chi connectivity index (χ1n) is 5.01. The number of halogens is 2. The standard InChI is InChI=1S/C10H7FIN5O/c11-5-1-8-7(2-6(5)12)15-10(13)17(8)3-9-14-4-18-16-9/h1-2,4H,3H2,(H2,13,15). The number of anilines is 1. The van der Waals surface area contributed by atoms with Crippen LogP contribution in [0.25, 0.3) is 11.0 Å². The average Bonchev–Trinajstić information content (AvgIpc) is 2.92. The first kappa shape index (κ1) is 11.4. The summed E-state index contributed by atoms with van der Waals surface area (Å²) < 4.78 is 20.4. The summed E-state index contributed by atoms with van der Waals surface area (Å²) in [6, 6.07) is 3.05. The van der Waals surface area contributed by atoms with Gasteiger partial charge >= 0.3 is 0 Å². The van der Waals surface area contributed by atoms with Crippen LogP contribution < -0.4 is 5.73 Å². The SMILES string of the molecule is Nc1nc2cc(I)c(F)cc2n1Cc1ncon1. The van der Waals surface area contributed by atoms with E-state index in [1.165, 1.54) is 12.5 Å². The Bertz CT molecular complexity index is 709. The van der Waals surface area contributed by atoms with Crippen molar-refractivity contribution < 1.29 is 8.91 Å². The van der Waals surface area contributed by atoms with E-state index in [9.17, 15) is 4.39 Å². The summed E-state index contributed by atoms with van der Waals surface area (Å²) >= 11 is 1.91. The van der Waals surface area contributed by atoms with Crippen molar-refractivity contribution in [3.05, 3.63) is 33.7 Å². The predicted molar refractivity (Wildman–Crippen MR) is 70.2 cm³/mol. The summed E-state index contributed by atoms with van der Waals surface area (Å²) in [6.07, 6.45) is 1.23. The van der Waals surface area contributed by atoms with Gasteiger partial charge in [0.1, 0.15) is 5.82 Å². The van der Waals surface area contributed by atoms with Crippen LogP contribution >= 0.6 is 22.6 Å². The van der Waals surface area contributed by atoms with Gasteiger partial charge in [0.15, 0.2) is 5.82 Å². The smallest absolute Gasteiger partial charge is 0.213 e. The zero-order chi connectivity index (χ0) is 12.7. The lowest BCUT2D eigenvalue weighted by Crippen LogP contribution is -2.05. The monoisotopic (exact) mass is 359 g/mol. The highest BCUT2D eigenvalue weighted by Crippen LogP contribution is 2.23. The minimum absolute atomic E-state index is 0.288. The molecule has 3 rings (SSSR count). The molecule has 2 aromatic heterocycles. The Kier molecular flexibility index (Phi) is 2.65. The van der Waals surface area contributed by atoms with Crippen LogP contribution in [-0.4, -0.2) is 19.7 Å². The number of benzene rings is 1. The van der Waals surface area contributed by atoms with E-state index < -0.39 is 0 Å². The van der Waals surface area contributed by atoms with Crippen molar-refractivity contribution in [2.45, 2.75) is 6.54 Å². The number of aromatic nitrogens is 4. The molecule has 0 unspecified atom stereocenters. The molecule has 2 heterocycles. The van der Waals surface area contributed by atoms with Crippen LogP contribution in [0.1, 0.15) is 5.82 Å². The fourth-order valence-corrected chi connectivity index (χ4v) is 2.16. The molecule has 0 saturated carbocycles. The van der Waals surface area contributed by atoms with Gasteiger partial charge in [-0.15, -0.1) is 0 Å². The van der Waals surface area contributed by atoms with Crippen molar-refractivity contribution in [2.75, 3.05) is 5.73 Å². The van der Waals surface area contributed by atoms with Crippen LogP contribution in [0.3, 0.4) is 0 Å². The summed E-state index contributed by atoms with van der Waals surface area (Å²) in [7, 11) is 0. The molecule has 0 aliphatic carbocycles. The molecule has 0 radical (unpaired) electrons. The number of nitrogens with two attached hydrogens (primary N) is 1. The molecule has 0 bridgehead atoms. The molecule has 3 aromatic rings. The summed E-state index contributed by atoms with van der Waals surface area (Å²) in [5.74, 6) is 0.438. The Hall–Kier alpha value is -1.71. The summed E-state index contributed by atoms with van der Waals surface area (Å²) in [5.41, 5.74) is 7.06. The van der Waals surface area contributed by atoms with Crippen LogP contribution in [0.15, 0.2) is 23.0 Å². The van der Waals surface area contributed by atoms with E-state index in [0.717, 1.165) is 0 Å².